The van der Waals surface area contributed by atoms with E-state index in [-0.39, 0.29) is 61.9 Å². The molecule has 0 unspecified atom stereocenters. The third-order valence-electron chi connectivity index (χ3n) is 13.3. The minimum Gasteiger partial charge on any atom is -0.493 e. The number of anilines is 2. The zero-order valence-electron chi connectivity index (χ0n) is 41.4. The molecule has 0 bridgehead atoms. The number of carbonyl (C=O) groups excluding carboxylic acids is 4. The fourth-order valence-corrected chi connectivity index (χ4v) is 10.2. The molecule has 0 radical (unpaired) electrons. The molecule has 5 aromatic rings. The molecule has 2 aromatic heterocycles. The quantitative estimate of drug-likeness (QED) is 0.0498. The molecule has 2 aliphatic rings. The van der Waals surface area contributed by atoms with E-state index in [4.69, 9.17) is 10.5 Å². The van der Waals surface area contributed by atoms with Crippen molar-refractivity contribution >= 4 is 57.4 Å². The van der Waals surface area contributed by atoms with Crippen molar-refractivity contribution in [1.29, 1.82) is 0 Å². The van der Waals surface area contributed by atoms with Crippen LogP contribution in [0.15, 0.2) is 60.1 Å². The highest BCUT2D eigenvalue weighted by atomic mass is 32.1. The highest BCUT2D eigenvalue weighted by Gasteiger charge is 2.45. The highest BCUT2D eigenvalue weighted by molar-refractivity contribution is 7.13. The Morgan fingerprint density at radius 3 is 2.28 bits per heavy atom. The van der Waals surface area contributed by atoms with Gasteiger partial charge in [0.05, 0.1) is 52.0 Å². The lowest BCUT2D eigenvalue weighted by Crippen LogP contribution is -2.57. The van der Waals surface area contributed by atoms with E-state index in [1.807, 2.05) is 71.0 Å². The van der Waals surface area contributed by atoms with Gasteiger partial charge in [0.2, 0.25) is 23.6 Å². The van der Waals surface area contributed by atoms with E-state index in [1.54, 1.807) is 42.5 Å². The predicted octanol–water partition coefficient (Wildman–Crippen LogP) is 8.40. The molecule has 2 saturated heterocycles. The lowest BCUT2D eigenvalue weighted by atomic mass is 9.85. The maximum atomic E-state index is 14.3. The number of aryl methyl sites for hydroxylation is 2. The van der Waals surface area contributed by atoms with Crippen LogP contribution in [-0.4, -0.2) is 97.9 Å². The van der Waals surface area contributed by atoms with E-state index in [2.05, 4.69) is 30.9 Å². The zero-order chi connectivity index (χ0) is 51.5. The zero-order valence-corrected chi connectivity index (χ0v) is 42.3. The first-order valence-corrected chi connectivity index (χ1v) is 24.9. The number of piperidine rings is 1. The topological polar surface area (TPSA) is 205 Å². The molecule has 71 heavy (non-hydrogen) atoms. The summed E-state index contributed by atoms with van der Waals surface area (Å²) in [6.07, 6.45) is -3.85. The third kappa shape index (κ3) is 12.6. The molecule has 380 valence electrons. The average Bonchev–Trinajstić information content (AvgIpc) is 3.93. The minimum atomic E-state index is -4.58. The lowest BCUT2D eigenvalue weighted by molar-refractivity contribution is -0.144. The molecule has 15 nitrogen and oxygen atoms in total. The van der Waals surface area contributed by atoms with Gasteiger partial charge in [0.15, 0.2) is 0 Å². The molecule has 5 atom stereocenters. The molecule has 19 heteroatoms. The maximum absolute atomic E-state index is 14.3. The second-order valence-electron chi connectivity index (χ2n) is 19.9. The van der Waals surface area contributed by atoms with Crippen LogP contribution in [0.1, 0.15) is 125 Å². The van der Waals surface area contributed by atoms with Crippen LogP contribution in [0, 0.1) is 19.3 Å². The molecule has 0 spiro atoms. The number of benzene rings is 3. The number of hydrogen-bond donors (Lipinski definition) is 5. The second-order valence-corrected chi connectivity index (χ2v) is 20.7. The van der Waals surface area contributed by atoms with E-state index in [1.165, 1.54) is 11.0 Å². The van der Waals surface area contributed by atoms with Gasteiger partial charge in [-0.3, -0.25) is 19.2 Å². The van der Waals surface area contributed by atoms with Crippen LogP contribution in [0.3, 0.4) is 0 Å². The first kappa shape index (κ1) is 52.5. The van der Waals surface area contributed by atoms with Crippen LogP contribution >= 0.6 is 11.3 Å². The average molecular weight is 1000 g/mol. The number of aromatic nitrogens is 3. The van der Waals surface area contributed by atoms with Crippen molar-refractivity contribution in [2.75, 3.05) is 37.3 Å². The van der Waals surface area contributed by atoms with Crippen LogP contribution in [0.4, 0.5) is 24.7 Å². The summed E-state index contributed by atoms with van der Waals surface area (Å²) in [6.45, 7) is 15.4. The number of hydrogen-bond acceptors (Lipinski definition) is 12. The van der Waals surface area contributed by atoms with Crippen LogP contribution in [0.2, 0.25) is 0 Å². The van der Waals surface area contributed by atoms with Gasteiger partial charge in [-0.25, -0.2) is 15.0 Å². The normalized spacial score (nSPS) is 18.0. The van der Waals surface area contributed by atoms with Gasteiger partial charge in [-0.05, 0) is 105 Å². The number of nitrogens with zero attached hydrogens (tertiary/aromatic N) is 5. The van der Waals surface area contributed by atoms with E-state index in [0.717, 1.165) is 39.4 Å². The number of alkyl halides is 3. The number of likely N-dealkylation sites (tertiary alicyclic amines) is 2. The first-order chi connectivity index (χ1) is 33.5. The number of nitrogen functional groups attached to an aromatic ring is 1. The predicted molar refractivity (Wildman–Crippen MR) is 267 cm³/mol. The summed E-state index contributed by atoms with van der Waals surface area (Å²) < 4.78 is 47.6. The van der Waals surface area contributed by atoms with Gasteiger partial charge in [0.25, 0.3) is 0 Å². The Morgan fingerprint density at radius 2 is 1.65 bits per heavy atom. The molecular weight excluding hydrogens is 936 g/mol. The Kier molecular flexibility index (Phi) is 15.9. The number of carbonyl (C=O) groups is 4. The molecule has 3 aromatic carbocycles. The van der Waals surface area contributed by atoms with Crippen molar-refractivity contribution < 1.29 is 42.2 Å². The minimum absolute atomic E-state index is 0.0124. The van der Waals surface area contributed by atoms with Crippen LogP contribution in [0.25, 0.3) is 21.3 Å². The fraction of sp³-hybridized carbons (Fsp3) is 0.481. The largest absolute Gasteiger partial charge is 0.493 e. The number of thiazole rings is 1. The van der Waals surface area contributed by atoms with E-state index >= 15 is 0 Å². The van der Waals surface area contributed by atoms with Crippen molar-refractivity contribution in [3.63, 3.8) is 0 Å². The smallest absolute Gasteiger partial charge is 0.416 e. The molecule has 2 aliphatic heterocycles. The number of rotatable bonds is 15. The molecular formula is C52H64F3N9O6S. The molecule has 4 heterocycles. The van der Waals surface area contributed by atoms with Crippen molar-refractivity contribution in [2.24, 2.45) is 5.41 Å². The summed E-state index contributed by atoms with van der Waals surface area (Å²) in [7, 11) is 0. The standard InChI is InChI=1S/C52H64F3N9O6S/c1-28(33-11-13-35(14-12-33)46-30(3)57-27-71-46)59-49(68)43-23-39(66)26-64(43)50(69)47(51(6,7)8)62-45(67)10-9-19-70-44-25-42-41(24-40(44)34-15-17-63(18-16-34)32(5)65)48(61-31(4)60-42)58-29(2)36-20-37(52(53,54)55)22-38(56)21-36/h11-14,20-22,24-25,27-29,34,39,43,47,66H,9-10,15-19,23,26,56H2,1-8H3,(H,59,68)(H,62,67)(H,58,60,61)/t28-,29+,39+,43-,47+/m0/s1. The summed E-state index contributed by atoms with van der Waals surface area (Å²) in [5, 5.41) is 20.6. The van der Waals surface area contributed by atoms with E-state index < -0.39 is 53.2 Å². The molecule has 2 fully saturated rings. The summed E-state index contributed by atoms with van der Waals surface area (Å²) in [5.41, 5.74) is 10.6. The summed E-state index contributed by atoms with van der Waals surface area (Å²) >= 11 is 1.56. The van der Waals surface area contributed by atoms with E-state index in [0.29, 0.717) is 59.8 Å². The Balaban J connectivity index is 1.03. The van der Waals surface area contributed by atoms with Gasteiger partial charge in [0, 0.05) is 56.5 Å². The van der Waals surface area contributed by atoms with Crippen LogP contribution in [0.5, 0.6) is 5.75 Å². The highest BCUT2D eigenvalue weighted by Crippen LogP contribution is 2.40. The fourth-order valence-electron chi connectivity index (χ4n) is 9.39. The molecule has 6 N–H and O–H groups in total. The molecule has 7 rings (SSSR count). The Morgan fingerprint density at radius 1 is 0.944 bits per heavy atom. The Labute approximate surface area is 416 Å². The first-order valence-electron chi connectivity index (χ1n) is 24.0. The van der Waals surface area contributed by atoms with Crippen LogP contribution in [-0.2, 0) is 25.4 Å². The number of aliphatic hydroxyl groups excluding tert-OH is 1. The number of nitrogens with two attached hydrogens (primary N) is 1. The lowest BCUT2D eigenvalue weighted by Gasteiger charge is -2.35. The van der Waals surface area contributed by atoms with Gasteiger partial charge in [-0.2, -0.15) is 13.2 Å². The van der Waals surface area contributed by atoms with Gasteiger partial charge in [0.1, 0.15) is 29.5 Å². The van der Waals surface area contributed by atoms with Crippen molar-refractivity contribution in [3.8, 4) is 16.2 Å². The number of fused-ring (bicyclic) bond motifs is 1. The Hall–Kier alpha value is -6.34. The number of β-amino-alcohol motifs (C(OH)–C–C–N with tert-alkyl or cyclic N) is 1. The summed E-state index contributed by atoms with van der Waals surface area (Å²) in [4.78, 5) is 72.0. The van der Waals surface area contributed by atoms with Crippen molar-refractivity contribution in [3.05, 3.63) is 93.9 Å². The number of aliphatic hydroxyl groups is 1. The van der Waals surface area contributed by atoms with Crippen molar-refractivity contribution in [1.82, 2.24) is 35.4 Å². The van der Waals surface area contributed by atoms with Crippen LogP contribution < -0.4 is 26.4 Å². The second kappa shape index (κ2) is 21.6. The van der Waals surface area contributed by atoms with Gasteiger partial charge >= 0.3 is 6.18 Å². The van der Waals surface area contributed by atoms with Crippen molar-refractivity contribution in [2.45, 2.75) is 130 Å². The number of nitrogens with one attached hydrogen (secondary N) is 3. The van der Waals surface area contributed by atoms with E-state index in [9.17, 15) is 37.5 Å². The molecule has 0 aliphatic carbocycles. The SMILES string of the molecule is CC(=O)N1CCC(c2cc3c(N[C@H](C)c4cc(N)cc(C(F)(F)F)c4)nc(C)nc3cc2OCCCC(=O)N[C@H](C(=O)N2C[C@H](O)C[C@H]2C(=O)N[C@@H](C)c2ccc(-c3scnc3C)cc2)C(C)(C)C)CC1. The van der Waals surface area contributed by atoms with Gasteiger partial charge in [-0.15, -0.1) is 11.3 Å². The number of halogens is 3. The summed E-state index contributed by atoms with van der Waals surface area (Å²) in [5.74, 6) is 0.0794. The van der Waals surface area contributed by atoms with Gasteiger partial charge in [-0.1, -0.05) is 45.0 Å². The van der Waals surface area contributed by atoms with Gasteiger partial charge < -0.3 is 41.3 Å². The summed E-state index contributed by atoms with van der Waals surface area (Å²) in [6, 6.07) is 12.1. The third-order valence-corrected chi connectivity index (χ3v) is 14.3. The monoisotopic (exact) mass is 999 g/mol. The number of amides is 4. The molecule has 0 saturated carbocycles. The molecule has 4 amide bonds. The maximum Gasteiger partial charge on any atom is 0.416 e. The Bertz CT molecular complexity index is 2750. The number of ether oxygens (including phenoxy) is 1.